The van der Waals surface area contributed by atoms with Crippen molar-refractivity contribution in [1.29, 1.82) is 0 Å². The van der Waals surface area contributed by atoms with Gasteiger partial charge in [-0.3, -0.25) is 14.4 Å². The van der Waals surface area contributed by atoms with Crippen LogP contribution >= 0.6 is 0 Å². The Morgan fingerprint density at radius 1 is 1.33 bits per heavy atom. The molecule has 0 aliphatic carbocycles. The molecule has 0 bridgehead atoms. The minimum Gasteiger partial charge on any atom is -0.358 e. The summed E-state index contributed by atoms with van der Waals surface area (Å²) in [5.41, 5.74) is -0.367. The van der Waals surface area contributed by atoms with Crippen LogP contribution in [-0.4, -0.2) is 66.1 Å². The van der Waals surface area contributed by atoms with Crippen LogP contribution < -0.4 is 10.9 Å². The molecule has 1 aliphatic rings. The second kappa shape index (κ2) is 7.56. The van der Waals surface area contributed by atoms with Gasteiger partial charge in [0.25, 0.3) is 5.56 Å². The number of nitrogens with one attached hydrogen (secondary N) is 1. The molecule has 1 aromatic rings. The highest BCUT2D eigenvalue weighted by Gasteiger charge is 2.32. The van der Waals surface area contributed by atoms with Crippen LogP contribution in [0.1, 0.15) is 12.8 Å². The van der Waals surface area contributed by atoms with Crippen molar-refractivity contribution in [1.82, 2.24) is 20.0 Å². The summed E-state index contributed by atoms with van der Waals surface area (Å²) >= 11 is 0. The first-order valence-corrected chi connectivity index (χ1v) is 9.27. The standard InChI is InChI=1S/C14H20N4O5S/c1-15-12(19)10-24(22,23)11-4-7-17(8-5-11)14(21)9-18-13(20)3-2-6-16-18/h2-3,6,11H,4-5,7-10H2,1H3,(H,15,19). The molecule has 1 aliphatic heterocycles. The number of hydrogen-bond acceptors (Lipinski definition) is 6. The number of piperidine rings is 1. The summed E-state index contributed by atoms with van der Waals surface area (Å²) in [4.78, 5) is 36.6. The monoisotopic (exact) mass is 356 g/mol. The molecular formula is C14H20N4O5S. The first-order chi connectivity index (χ1) is 11.3. The summed E-state index contributed by atoms with van der Waals surface area (Å²) in [6.45, 7) is 0.380. The fourth-order valence-electron chi connectivity index (χ4n) is 2.57. The first-order valence-electron chi connectivity index (χ1n) is 7.55. The van der Waals surface area contributed by atoms with E-state index >= 15 is 0 Å². The fraction of sp³-hybridized carbons (Fsp3) is 0.571. The van der Waals surface area contributed by atoms with E-state index in [4.69, 9.17) is 0 Å². The molecule has 0 aromatic carbocycles. The molecule has 1 saturated heterocycles. The Balaban J connectivity index is 1.93. The molecule has 0 saturated carbocycles. The van der Waals surface area contributed by atoms with Gasteiger partial charge in [0.2, 0.25) is 11.8 Å². The van der Waals surface area contributed by atoms with Crippen molar-refractivity contribution in [2.24, 2.45) is 0 Å². The summed E-state index contributed by atoms with van der Waals surface area (Å²) in [6.07, 6.45) is 1.98. The lowest BCUT2D eigenvalue weighted by Crippen LogP contribution is -2.46. The van der Waals surface area contributed by atoms with Crippen molar-refractivity contribution in [3.8, 4) is 0 Å². The SMILES string of the molecule is CNC(=O)CS(=O)(=O)C1CCN(C(=O)Cn2ncccc2=O)CC1. The minimum absolute atomic E-state index is 0.171. The Hall–Kier alpha value is -2.23. The Bertz CT molecular complexity index is 765. The van der Waals surface area contributed by atoms with E-state index in [1.807, 2.05) is 0 Å². The zero-order chi connectivity index (χ0) is 17.7. The van der Waals surface area contributed by atoms with Gasteiger partial charge in [-0.15, -0.1) is 0 Å². The van der Waals surface area contributed by atoms with E-state index in [0.29, 0.717) is 0 Å². The maximum atomic E-state index is 12.2. The molecule has 2 rings (SSSR count). The third kappa shape index (κ3) is 4.40. The number of carbonyl (C=O) groups is 2. The second-order valence-corrected chi connectivity index (χ2v) is 7.86. The van der Waals surface area contributed by atoms with Crippen LogP contribution in [-0.2, 0) is 26.0 Å². The van der Waals surface area contributed by atoms with Crippen molar-refractivity contribution in [2.75, 3.05) is 25.9 Å². The molecule has 1 aromatic heterocycles. The molecule has 132 valence electrons. The van der Waals surface area contributed by atoms with Crippen molar-refractivity contribution < 1.29 is 18.0 Å². The molecule has 0 atom stereocenters. The van der Waals surface area contributed by atoms with E-state index < -0.39 is 26.7 Å². The highest BCUT2D eigenvalue weighted by molar-refractivity contribution is 7.92. The van der Waals surface area contributed by atoms with Crippen molar-refractivity contribution in [3.05, 3.63) is 28.7 Å². The minimum atomic E-state index is -3.53. The van der Waals surface area contributed by atoms with Gasteiger partial charge in [-0.05, 0) is 18.9 Å². The van der Waals surface area contributed by atoms with Crippen LogP contribution in [0.4, 0.5) is 0 Å². The number of aromatic nitrogens is 2. The van der Waals surface area contributed by atoms with Crippen LogP contribution in [0.15, 0.2) is 23.1 Å². The molecule has 24 heavy (non-hydrogen) atoms. The predicted molar refractivity (Wildman–Crippen MR) is 86.0 cm³/mol. The summed E-state index contributed by atoms with van der Waals surface area (Å²) in [5, 5.41) is 5.50. The molecule has 1 fully saturated rings. The smallest absolute Gasteiger partial charge is 0.267 e. The highest BCUT2D eigenvalue weighted by Crippen LogP contribution is 2.18. The first kappa shape index (κ1) is 18.1. The van der Waals surface area contributed by atoms with Crippen molar-refractivity contribution >= 4 is 21.7 Å². The normalized spacial score (nSPS) is 16.0. The number of hydrogen-bond donors (Lipinski definition) is 1. The lowest BCUT2D eigenvalue weighted by Gasteiger charge is -2.31. The topological polar surface area (TPSA) is 118 Å². The van der Waals surface area contributed by atoms with Gasteiger partial charge in [0, 0.05) is 32.4 Å². The summed E-state index contributed by atoms with van der Waals surface area (Å²) in [5.74, 6) is -1.35. The number of amides is 2. The van der Waals surface area contributed by atoms with Gasteiger partial charge in [0.05, 0.1) is 5.25 Å². The molecule has 10 heteroatoms. The predicted octanol–water partition coefficient (Wildman–Crippen LogP) is -1.60. The Morgan fingerprint density at radius 2 is 2.00 bits per heavy atom. The van der Waals surface area contributed by atoms with E-state index in [-0.39, 0.29) is 43.9 Å². The van der Waals surface area contributed by atoms with Gasteiger partial charge >= 0.3 is 0 Å². The van der Waals surface area contributed by atoms with E-state index in [0.717, 1.165) is 4.68 Å². The lowest BCUT2D eigenvalue weighted by atomic mass is 10.1. The van der Waals surface area contributed by atoms with Crippen molar-refractivity contribution in [2.45, 2.75) is 24.6 Å². The molecule has 2 heterocycles. The van der Waals surface area contributed by atoms with Gasteiger partial charge in [0.1, 0.15) is 12.3 Å². The quantitative estimate of drug-likeness (QED) is 0.678. The maximum Gasteiger partial charge on any atom is 0.267 e. The van der Waals surface area contributed by atoms with Crippen LogP contribution in [0.2, 0.25) is 0 Å². The van der Waals surface area contributed by atoms with E-state index in [1.165, 1.54) is 30.3 Å². The molecule has 1 N–H and O–H groups in total. The molecule has 2 amide bonds. The van der Waals surface area contributed by atoms with Gasteiger partial charge in [-0.1, -0.05) is 0 Å². The molecule has 0 spiro atoms. The van der Waals surface area contributed by atoms with Gasteiger partial charge < -0.3 is 10.2 Å². The maximum absolute atomic E-state index is 12.2. The number of nitrogens with zero attached hydrogens (tertiary/aromatic N) is 3. The van der Waals surface area contributed by atoms with Crippen LogP contribution in [0.3, 0.4) is 0 Å². The van der Waals surface area contributed by atoms with Crippen LogP contribution in [0.5, 0.6) is 0 Å². The Labute approximate surface area is 139 Å². The number of carbonyl (C=O) groups excluding carboxylic acids is 2. The zero-order valence-electron chi connectivity index (χ0n) is 13.3. The van der Waals surface area contributed by atoms with Crippen LogP contribution in [0.25, 0.3) is 0 Å². The lowest BCUT2D eigenvalue weighted by molar-refractivity contribution is -0.133. The number of likely N-dealkylation sites (tertiary alicyclic amines) is 1. The van der Waals surface area contributed by atoms with Gasteiger partial charge in [0.15, 0.2) is 9.84 Å². The zero-order valence-corrected chi connectivity index (χ0v) is 14.2. The van der Waals surface area contributed by atoms with Crippen molar-refractivity contribution in [3.63, 3.8) is 0 Å². The molecule has 0 radical (unpaired) electrons. The Morgan fingerprint density at radius 3 is 2.58 bits per heavy atom. The molecule has 0 unspecified atom stereocenters. The van der Waals surface area contributed by atoms with E-state index in [2.05, 4.69) is 10.4 Å². The number of rotatable bonds is 5. The summed E-state index contributed by atoms with van der Waals surface area (Å²) < 4.78 is 25.4. The van der Waals surface area contributed by atoms with E-state index in [1.54, 1.807) is 0 Å². The second-order valence-electron chi connectivity index (χ2n) is 5.58. The summed E-state index contributed by atoms with van der Waals surface area (Å²) in [7, 11) is -2.14. The fourth-order valence-corrected chi connectivity index (χ4v) is 4.25. The third-order valence-corrected chi connectivity index (χ3v) is 6.14. The largest absolute Gasteiger partial charge is 0.358 e. The summed E-state index contributed by atoms with van der Waals surface area (Å²) in [6, 6.07) is 2.81. The van der Waals surface area contributed by atoms with E-state index in [9.17, 15) is 22.8 Å². The number of sulfone groups is 1. The highest BCUT2D eigenvalue weighted by atomic mass is 32.2. The van der Waals surface area contributed by atoms with Gasteiger partial charge in [-0.2, -0.15) is 5.10 Å². The Kier molecular flexibility index (Phi) is 5.71. The average Bonchev–Trinajstić information content (AvgIpc) is 2.56. The average molecular weight is 356 g/mol. The third-order valence-electron chi connectivity index (χ3n) is 3.98. The molecule has 9 nitrogen and oxygen atoms in total. The molecular weight excluding hydrogens is 336 g/mol. The van der Waals surface area contributed by atoms with Crippen LogP contribution in [0, 0.1) is 0 Å². The van der Waals surface area contributed by atoms with Gasteiger partial charge in [-0.25, -0.2) is 13.1 Å².